The van der Waals surface area contributed by atoms with Crippen LogP contribution in [0.25, 0.3) is 0 Å². The zero-order valence-electron chi connectivity index (χ0n) is 11.4. The fourth-order valence-electron chi connectivity index (χ4n) is 2.69. The van der Waals surface area contributed by atoms with E-state index >= 15 is 0 Å². The van der Waals surface area contributed by atoms with Gasteiger partial charge in [0.05, 0.1) is 12.2 Å². The minimum Gasteiger partial charge on any atom is -0.373 e. The Hall–Kier alpha value is -0.930. The van der Waals surface area contributed by atoms with Crippen LogP contribution >= 0.6 is 0 Å². The number of ether oxygens (including phenoxy) is 1. The molecule has 0 spiro atoms. The third kappa shape index (κ3) is 3.30. The zero-order chi connectivity index (χ0) is 13.1. The number of hydrogen-bond donors (Lipinski definition) is 0. The minimum absolute atomic E-state index is 0.0984. The Morgan fingerprint density at radius 3 is 2.50 bits per heavy atom. The van der Waals surface area contributed by atoms with Crippen molar-refractivity contribution in [3.05, 3.63) is 35.6 Å². The van der Waals surface area contributed by atoms with E-state index < -0.39 is 0 Å². The van der Waals surface area contributed by atoms with Gasteiger partial charge < -0.3 is 4.74 Å². The Morgan fingerprint density at radius 1 is 1.28 bits per heavy atom. The van der Waals surface area contributed by atoms with Crippen LogP contribution in [-0.4, -0.2) is 36.2 Å². The molecule has 3 heteroatoms. The third-order valence-electron chi connectivity index (χ3n) is 3.54. The highest BCUT2D eigenvalue weighted by atomic mass is 19.1. The SMILES string of the molecule is C[C@@H]1CN([C@@H](C)Cc2ccccc2F)C[C@H](C)O1. The fourth-order valence-corrected chi connectivity index (χ4v) is 2.69. The van der Waals surface area contributed by atoms with E-state index in [1.807, 2.05) is 12.1 Å². The molecule has 18 heavy (non-hydrogen) atoms. The number of rotatable bonds is 3. The van der Waals surface area contributed by atoms with Crippen LogP contribution in [0.4, 0.5) is 4.39 Å². The van der Waals surface area contributed by atoms with E-state index in [4.69, 9.17) is 4.74 Å². The Labute approximate surface area is 109 Å². The van der Waals surface area contributed by atoms with Gasteiger partial charge in [0.2, 0.25) is 0 Å². The molecule has 1 fully saturated rings. The fraction of sp³-hybridized carbons (Fsp3) is 0.600. The van der Waals surface area contributed by atoms with E-state index in [0.29, 0.717) is 6.04 Å². The summed E-state index contributed by atoms with van der Waals surface area (Å²) < 4.78 is 19.4. The molecule has 1 saturated heterocycles. The summed E-state index contributed by atoms with van der Waals surface area (Å²) in [6, 6.07) is 7.39. The minimum atomic E-state index is -0.0984. The van der Waals surface area contributed by atoms with Gasteiger partial charge in [-0.3, -0.25) is 4.90 Å². The van der Waals surface area contributed by atoms with Gasteiger partial charge in [-0.1, -0.05) is 18.2 Å². The van der Waals surface area contributed by atoms with Gasteiger partial charge in [-0.25, -0.2) is 4.39 Å². The molecule has 1 aromatic rings. The van der Waals surface area contributed by atoms with Crippen LogP contribution in [0.1, 0.15) is 26.3 Å². The van der Waals surface area contributed by atoms with Crippen LogP contribution in [-0.2, 0) is 11.2 Å². The quantitative estimate of drug-likeness (QED) is 0.819. The summed E-state index contributed by atoms with van der Waals surface area (Å²) >= 11 is 0. The molecule has 3 atom stereocenters. The van der Waals surface area contributed by atoms with Gasteiger partial charge in [0, 0.05) is 19.1 Å². The molecule has 0 amide bonds. The molecule has 1 aliphatic heterocycles. The van der Waals surface area contributed by atoms with Crippen molar-refractivity contribution in [2.75, 3.05) is 13.1 Å². The molecule has 1 aliphatic rings. The lowest BCUT2D eigenvalue weighted by atomic mass is 10.0. The predicted molar refractivity (Wildman–Crippen MR) is 71.1 cm³/mol. The summed E-state index contributed by atoms with van der Waals surface area (Å²) in [5.41, 5.74) is 0.803. The molecule has 0 unspecified atom stereocenters. The number of benzene rings is 1. The number of morpholine rings is 1. The van der Waals surface area contributed by atoms with E-state index in [1.54, 1.807) is 6.07 Å². The lowest BCUT2D eigenvalue weighted by Crippen LogP contribution is -2.49. The number of hydrogen-bond acceptors (Lipinski definition) is 2. The molecule has 100 valence electrons. The van der Waals surface area contributed by atoms with Crippen molar-refractivity contribution >= 4 is 0 Å². The maximum atomic E-state index is 13.6. The lowest BCUT2D eigenvalue weighted by Gasteiger charge is -2.39. The molecular weight excluding hydrogens is 229 g/mol. The second-order valence-electron chi connectivity index (χ2n) is 5.36. The van der Waals surface area contributed by atoms with E-state index in [2.05, 4.69) is 25.7 Å². The van der Waals surface area contributed by atoms with Crippen LogP contribution in [0.2, 0.25) is 0 Å². The zero-order valence-corrected chi connectivity index (χ0v) is 11.4. The maximum absolute atomic E-state index is 13.6. The van der Waals surface area contributed by atoms with E-state index in [9.17, 15) is 4.39 Å². The Bertz CT molecular complexity index is 386. The molecule has 2 nitrogen and oxygen atoms in total. The van der Waals surface area contributed by atoms with Crippen LogP contribution in [0.5, 0.6) is 0 Å². The number of halogens is 1. The van der Waals surface area contributed by atoms with Gasteiger partial charge in [-0.05, 0) is 38.8 Å². The lowest BCUT2D eigenvalue weighted by molar-refractivity contribution is -0.0783. The normalized spacial score (nSPS) is 27.1. The average molecular weight is 251 g/mol. The van der Waals surface area contributed by atoms with Crippen molar-refractivity contribution in [3.63, 3.8) is 0 Å². The smallest absolute Gasteiger partial charge is 0.126 e. The van der Waals surface area contributed by atoms with Gasteiger partial charge in [0.25, 0.3) is 0 Å². The molecule has 1 heterocycles. The largest absolute Gasteiger partial charge is 0.373 e. The van der Waals surface area contributed by atoms with Gasteiger partial charge in [0.1, 0.15) is 5.82 Å². The van der Waals surface area contributed by atoms with Gasteiger partial charge in [0.15, 0.2) is 0 Å². The van der Waals surface area contributed by atoms with E-state index in [-0.39, 0.29) is 18.0 Å². The van der Waals surface area contributed by atoms with Crippen LogP contribution < -0.4 is 0 Å². The summed E-state index contributed by atoms with van der Waals surface area (Å²) in [7, 11) is 0. The average Bonchev–Trinajstić information content (AvgIpc) is 2.31. The summed E-state index contributed by atoms with van der Waals surface area (Å²) in [4.78, 5) is 2.39. The molecule has 2 rings (SSSR count). The van der Waals surface area contributed by atoms with Gasteiger partial charge >= 0.3 is 0 Å². The van der Waals surface area contributed by atoms with Crippen molar-refractivity contribution in [2.24, 2.45) is 0 Å². The Kier molecular flexibility index (Phi) is 4.36. The maximum Gasteiger partial charge on any atom is 0.126 e. The Morgan fingerprint density at radius 2 is 1.89 bits per heavy atom. The standard InChI is InChI=1S/C15H22FNO/c1-11(8-14-6-4-5-7-15(14)16)17-9-12(2)18-13(3)10-17/h4-7,11-13H,8-10H2,1-3H3/t11-,12-,13+/m0/s1. The number of nitrogens with zero attached hydrogens (tertiary/aromatic N) is 1. The first-order valence-corrected chi connectivity index (χ1v) is 6.69. The first kappa shape index (κ1) is 13.5. The highest BCUT2D eigenvalue weighted by Gasteiger charge is 2.26. The highest BCUT2D eigenvalue weighted by Crippen LogP contribution is 2.17. The second-order valence-corrected chi connectivity index (χ2v) is 5.36. The predicted octanol–water partition coefficient (Wildman–Crippen LogP) is 2.87. The van der Waals surface area contributed by atoms with Crippen LogP contribution in [0, 0.1) is 5.82 Å². The van der Waals surface area contributed by atoms with Crippen molar-refractivity contribution in [1.29, 1.82) is 0 Å². The molecule has 0 N–H and O–H groups in total. The molecule has 0 radical (unpaired) electrons. The molecule has 1 aromatic carbocycles. The summed E-state index contributed by atoms with van der Waals surface area (Å²) in [5.74, 6) is -0.0984. The van der Waals surface area contributed by atoms with E-state index in [0.717, 1.165) is 25.1 Å². The molecule has 0 saturated carbocycles. The van der Waals surface area contributed by atoms with Crippen molar-refractivity contribution < 1.29 is 9.13 Å². The second kappa shape index (κ2) is 5.81. The van der Waals surface area contributed by atoms with Gasteiger partial charge in [-0.2, -0.15) is 0 Å². The third-order valence-corrected chi connectivity index (χ3v) is 3.54. The van der Waals surface area contributed by atoms with Crippen molar-refractivity contribution in [2.45, 2.75) is 45.4 Å². The first-order chi connectivity index (χ1) is 8.56. The summed E-state index contributed by atoms with van der Waals surface area (Å²) in [6.07, 6.45) is 1.28. The topological polar surface area (TPSA) is 12.5 Å². The summed E-state index contributed by atoms with van der Waals surface area (Å²) in [5, 5.41) is 0. The summed E-state index contributed by atoms with van der Waals surface area (Å²) in [6.45, 7) is 8.22. The van der Waals surface area contributed by atoms with Crippen molar-refractivity contribution in [3.8, 4) is 0 Å². The van der Waals surface area contributed by atoms with Crippen LogP contribution in [0.3, 0.4) is 0 Å². The van der Waals surface area contributed by atoms with E-state index in [1.165, 1.54) is 6.07 Å². The van der Waals surface area contributed by atoms with Crippen LogP contribution in [0.15, 0.2) is 24.3 Å². The molecular formula is C15H22FNO. The molecule has 0 aliphatic carbocycles. The molecule has 0 bridgehead atoms. The first-order valence-electron chi connectivity index (χ1n) is 6.69. The van der Waals surface area contributed by atoms with Crippen molar-refractivity contribution in [1.82, 2.24) is 4.90 Å². The monoisotopic (exact) mass is 251 g/mol. The Balaban J connectivity index is 1.99. The van der Waals surface area contributed by atoms with Gasteiger partial charge in [-0.15, -0.1) is 0 Å². The molecule has 0 aromatic heterocycles. The highest BCUT2D eigenvalue weighted by molar-refractivity contribution is 5.18.